The lowest BCUT2D eigenvalue weighted by atomic mass is 10.1. The molecule has 0 aliphatic carbocycles. The molecule has 1 heterocycles. The van der Waals surface area contributed by atoms with Crippen molar-refractivity contribution in [2.75, 3.05) is 0 Å². The van der Waals surface area contributed by atoms with Gasteiger partial charge in [0.2, 0.25) is 0 Å². The Kier molecular flexibility index (Phi) is 3.01. The van der Waals surface area contributed by atoms with Crippen LogP contribution < -0.4 is 0 Å². The van der Waals surface area contributed by atoms with Crippen LogP contribution in [0.5, 0.6) is 0 Å². The van der Waals surface area contributed by atoms with E-state index in [9.17, 15) is 13.2 Å². The Morgan fingerprint density at radius 2 is 2.00 bits per heavy atom. The molecule has 1 aromatic heterocycles. The first-order valence-corrected chi connectivity index (χ1v) is 6.22. The molecule has 0 atom stereocenters. The Hall–Kier alpha value is -0.550. The summed E-state index contributed by atoms with van der Waals surface area (Å²) >= 11 is 4.75. The van der Waals surface area contributed by atoms with E-state index in [1.807, 2.05) is 6.07 Å². The van der Waals surface area contributed by atoms with Gasteiger partial charge < -0.3 is 0 Å². The predicted molar refractivity (Wildman–Crippen MR) is 64.0 cm³/mol. The van der Waals surface area contributed by atoms with Crippen LogP contribution in [0.2, 0.25) is 0 Å². The van der Waals surface area contributed by atoms with Gasteiger partial charge in [0.1, 0.15) is 0 Å². The monoisotopic (exact) mass is 308 g/mol. The maximum atomic E-state index is 12.4. The Morgan fingerprint density at radius 1 is 1.31 bits per heavy atom. The minimum Gasteiger partial charge on any atom is -0.171 e. The van der Waals surface area contributed by atoms with Crippen LogP contribution in [0.1, 0.15) is 10.4 Å². The maximum Gasteiger partial charge on any atom is 0.393 e. The van der Waals surface area contributed by atoms with Gasteiger partial charge in [0.05, 0.1) is 6.42 Å². The third-order valence-electron chi connectivity index (χ3n) is 2.35. The SMILES string of the molecule is Cc1sc2c(Br)cccc2c1CC(F)(F)F. The van der Waals surface area contributed by atoms with Crippen LogP contribution in [0.25, 0.3) is 10.1 Å². The van der Waals surface area contributed by atoms with Crippen molar-refractivity contribution in [2.24, 2.45) is 0 Å². The molecule has 0 saturated carbocycles. The van der Waals surface area contributed by atoms with Gasteiger partial charge in [-0.2, -0.15) is 13.2 Å². The van der Waals surface area contributed by atoms with Gasteiger partial charge in [-0.1, -0.05) is 12.1 Å². The molecule has 0 saturated heterocycles. The van der Waals surface area contributed by atoms with Crippen LogP contribution in [0.4, 0.5) is 13.2 Å². The molecule has 0 radical (unpaired) electrons. The van der Waals surface area contributed by atoms with Crippen LogP contribution in [0.3, 0.4) is 0 Å². The van der Waals surface area contributed by atoms with E-state index < -0.39 is 12.6 Å². The Balaban J connectivity index is 2.61. The zero-order chi connectivity index (χ0) is 11.9. The first-order valence-electron chi connectivity index (χ1n) is 4.62. The number of alkyl halides is 3. The zero-order valence-corrected chi connectivity index (χ0v) is 10.8. The fourth-order valence-electron chi connectivity index (χ4n) is 1.67. The van der Waals surface area contributed by atoms with E-state index in [1.165, 1.54) is 11.3 Å². The van der Waals surface area contributed by atoms with Gasteiger partial charge >= 0.3 is 6.18 Å². The van der Waals surface area contributed by atoms with Crippen LogP contribution in [-0.4, -0.2) is 6.18 Å². The van der Waals surface area contributed by atoms with Gasteiger partial charge in [0.25, 0.3) is 0 Å². The Morgan fingerprint density at radius 3 is 2.62 bits per heavy atom. The molecule has 0 bridgehead atoms. The van der Waals surface area contributed by atoms with E-state index in [2.05, 4.69) is 15.9 Å². The van der Waals surface area contributed by atoms with Crippen molar-refractivity contribution in [3.8, 4) is 0 Å². The van der Waals surface area contributed by atoms with Crippen molar-refractivity contribution in [3.05, 3.63) is 33.1 Å². The molecular formula is C11H8BrF3S. The lowest BCUT2D eigenvalue weighted by Crippen LogP contribution is -2.11. The molecule has 0 amide bonds. The second-order valence-electron chi connectivity index (χ2n) is 3.55. The van der Waals surface area contributed by atoms with Crippen LogP contribution >= 0.6 is 27.3 Å². The molecular weight excluding hydrogens is 301 g/mol. The third-order valence-corrected chi connectivity index (χ3v) is 4.47. The van der Waals surface area contributed by atoms with Crippen molar-refractivity contribution < 1.29 is 13.2 Å². The average Bonchev–Trinajstić information content (AvgIpc) is 2.44. The number of hydrogen-bond donors (Lipinski definition) is 0. The largest absolute Gasteiger partial charge is 0.393 e. The molecule has 0 N–H and O–H groups in total. The summed E-state index contributed by atoms with van der Waals surface area (Å²) in [6.45, 7) is 1.73. The molecule has 0 fully saturated rings. The van der Waals surface area contributed by atoms with E-state index in [4.69, 9.17) is 0 Å². The summed E-state index contributed by atoms with van der Waals surface area (Å²) in [4.78, 5) is 0.735. The van der Waals surface area contributed by atoms with Gasteiger partial charge in [-0.3, -0.25) is 0 Å². The quantitative estimate of drug-likeness (QED) is 0.689. The fourth-order valence-corrected chi connectivity index (χ4v) is 3.36. The fraction of sp³-hybridized carbons (Fsp3) is 0.273. The molecule has 5 heteroatoms. The van der Waals surface area contributed by atoms with Crippen molar-refractivity contribution in [1.82, 2.24) is 0 Å². The number of aryl methyl sites for hydroxylation is 1. The number of rotatable bonds is 1. The summed E-state index contributed by atoms with van der Waals surface area (Å²) in [6, 6.07) is 5.35. The van der Waals surface area contributed by atoms with Crippen molar-refractivity contribution >= 4 is 37.4 Å². The Labute approximate surface area is 103 Å². The molecule has 0 nitrogen and oxygen atoms in total. The molecule has 1 aromatic carbocycles. The number of hydrogen-bond acceptors (Lipinski definition) is 1. The summed E-state index contributed by atoms with van der Waals surface area (Å²) in [5.74, 6) is 0. The average molecular weight is 309 g/mol. The van der Waals surface area contributed by atoms with E-state index in [0.29, 0.717) is 10.9 Å². The summed E-state index contributed by atoms with van der Waals surface area (Å²) in [5.41, 5.74) is 0.397. The smallest absolute Gasteiger partial charge is 0.171 e. The van der Waals surface area contributed by atoms with Gasteiger partial charge in [-0.15, -0.1) is 11.3 Å². The van der Waals surface area contributed by atoms with E-state index in [-0.39, 0.29) is 0 Å². The van der Waals surface area contributed by atoms with Crippen LogP contribution in [-0.2, 0) is 6.42 Å². The number of fused-ring (bicyclic) bond motifs is 1. The summed E-state index contributed by atoms with van der Waals surface area (Å²) in [5, 5.41) is 0.703. The van der Waals surface area contributed by atoms with Gasteiger partial charge in [-0.05, 0) is 39.9 Å². The highest BCUT2D eigenvalue weighted by Gasteiger charge is 2.30. The molecule has 2 aromatic rings. The van der Waals surface area contributed by atoms with Crippen molar-refractivity contribution in [3.63, 3.8) is 0 Å². The topological polar surface area (TPSA) is 0 Å². The normalized spacial score (nSPS) is 12.3. The van der Waals surface area contributed by atoms with E-state index in [0.717, 1.165) is 14.0 Å². The standard InChI is InChI=1S/C11H8BrF3S/c1-6-8(5-11(13,14)15)7-3-2-4-9(12)10(7)16-6/h2-4H,5H2,1H3. The molecule has 0 unspecified atom stereocenters. The highest BCUT2D eigenvalue weighted by molar-refractivity contribution is 9.10. The van der Waals surface area contributed by atoms with Gasteiger partial charge in [-0.25, -0.2) is 0 Å². The highest BCUT2D eigenvalue weighted by atomic mass is 79.9. The van der Waals surface area contributed by atoms with E-state index in [1.54, 1.807) is 19.1 Å². The molecule has 16 heavy (non-hydrogen) atoms. The summed E-state index contributed by atoms with van der Waals surface area (Å²) in [6.07, 6.45) is -5.00. The van der Waals surface area contributed by atoms with Gasteiger partial charge in [0.15, 0.2) is 0 Å². The summed E-state index contributed by atoms with van der Waals surface area (Å²) in [7, 11) is 0. The second kappa shape index (κ2) is 4.04. The zero-order valence-electron chi connectivity index (χ0n) is 8.36. The molecule has 0 aliphatic rings. The lowest BCUT2D eigenvalue weighted by Gasteiger charge is -2.06. The minimum atomic E-state index is -4.15. The minimum absolute atomic E-state index is 0.397. The van der Waals surface area contributed by atoms with Crippen LogP contribution in [0.15, 0.2) is 22.7 Å². The van der Waals surface area contributed by atoms with Gasteiger partial charge in [0, 0.05) is 14.0 Å². The number of thiophene rings is 1. The molecule has 2 rings (SSSR count). The number of halogens is 4. The number of benzene rings is 1. The maximum absolute atomic E-state index is 12.4. The second-order valence-corrected chi connectivity index (χ2v) is 5.62. The highest BCUT2D eigenvalue weighted by Crippen LogP contribution is 2.38. The van der Waals surface area contributed by atoms with Crippen molar-refractivity contribution in [1.29, 1.82) is 0 Å². The Bertz CT molecular complexity index is 528. The lowest BCUT2D eigenvalue weighted by molar-refractivity contribution is -0.127. The molecule has 0 spiro atoms. The van der Waals surface area contributed by atoms with Crippen LogP contribution in [0, 0.1) is 6.92 Å². The van der Waals surface area contributed by atoms with Crippen molar-refractivity contribution in [2.45, 2.75) is 19.5 Å². The van der Waals surface area contributed by atoms with E-state index >= 15 is 0 Å². The predicted octanol–water partition coefficient (Wildman–Crippen LogP) is 5.08. The first kappa shape index (κ1) is 11.9. The third kappa shape index (κ3) is 2.25. The first-order chi connectivity index (χ1) is 7.38. The molecule has 86 valence electrons. The molecule has 0 aliphatic heterocycles. The summed E-state index contributed by atoms with van der Waals surface area (Å²) < 4.78 is 39.0.